The van der Waals surface area contributed by atoms with E-state index in [0.717, 1.165) is 12.8 Å². The lowest BCUT2D eigenvalue weighted by Crippen LogP contribution is -2.26. The average Bonchev–Trinajstić information content (AvgIpc) is 3.10. The van der Waals surface area contributed by atoms with Gasteiger partial charge in [-0.1, -0.05) is 53.5 Å². The summed E-state index contributed by atoms with van der Waals surface area (Å²) >= 11 is 13.6. The number of carbonyl (C=O) groups is 1. The molecule has 0 saturated heterocycles. The van der Waals surface area contributed by atoms with Crippen molar-refractivity contribution < 1.29 is 4.79 Å². The largest absolute Gasteiger partial charge is 0.351 e. The molecule has 2 heterocycles. The molecule has 1 aromatic carbocycles. The van der Waals surface area contributed by atoms with E-state index in [4.69, 9.17) is 23.2 Å². The number of hydrogen-bond acceptors (Lipinski definition) is 6. The van der Waals surface area contributed by atoms with Crippen LogP contribution in [0.1, 0.15) is 35.9 Å². The molecule has 0 aliphatic carbocycles. The molecule has 0 atom stereocenters. The van der Waals surface area contributed by atoms with Crippen molar-refractivity contribution in [3.8, 4) is 5.69 Å². The highest BCUT2D eigenvalue weighted by molar-refractivity contribution is 7.98. The summed E-state index contributed by atoms with van der Waals surface area (Å²) < 4.78 is 1.57. The second-order valence-electron chi connectivity index (χ2n) is 5.85. The molecule has 2 aromatic heterocycles. The number of unbranched alkanes of at least 4 members (excludes halogenated alkanes) is 1. The Balaban J connectivity index is 1.93. The molecular formula is C18H18Cl2N6OS. The Kier molecular flexibility index (Phi) is 7.24. The number of halogens is 2. The first kappa shape index (κ1) is 20.6. The number of nitrogens with zero attached hydrogens (tertiary/aromatic N) is 5. The Morgan fingerprint density at radius 1 is 1.18 bits per heavy atom. The van der Waals surface area contributed by atoms with E-state index < -0.39 is 0 Å². The quantitative estimate of drug-likeness (QED) is 0.323. The molecular weight excluding hydrogens is 419 g/mol. The van der Waals surface area contributed by atoms with Crippen LogP contribution in [-0.4, -0.2) is 37.4 Å². The summed E-state index contributed by atoms with van der Waals surface area (Å²) in [6.45, 7) is 2.65. The lowest BCUT2D eigenvalue weighted by molar-refractivity contribution is 0.0947. The molecule has 0 radical (unpaired) electrons. The number of benzene rings is 1. The topological polar surface area (TPSA) is 85.6 Å². The van der Waals surface area contributed by atoms with Crippen LogP contribution in [0, 0.1) is 0 Å². The minimum absolute atomic E-state index is 0.260. The van der Waals surface area contributed by atoms with Gasteiger partial charge < -0.3 is 5.32 Å². The molecule has 28 heavy (non-hydrogen) atoms. The number of aromatic nitrogens is 5. The summed E-state index contributed by atoms with van der Waals surface area (Å²) in [7, 11) is 0. The first-order valence-electron chi connectivity index (χ1n) is 8.67. The molecule has 10 heteroatoms. The van der Waals surface area contributed by atoms with E-state index >= 15 is 0 Å². The molecule has 1 amide bonds. The van der Waals surface area contributed by atoms with E-state index in [1.807, 2.05) is 0 Å². The third-order valence-corrected chi connectivity index (χ3v) is 5.09. The van der Waals surface area contributed by atoms with Gasteiger partial charge in [0.2, 0.25) is 0 Å². The van der Waals surface area contributed by atoms with Gasteiger partial charge in [0.1, 0.15) is 0 Å². The van der Waals surface area contributed by atoms with Gasteiger partial charge in [0.05, 0.1) is 11.4 Å². The van der Waals surface area contributed by atoms with E-state index in [0.29, 0.717) is 38.9 Å². The molecule has 3 aromatic rings. The molecule has 7 nitrogen and oxygen atoms in total. The minimum atomic E-state index is -0.266. The lowest BCUT2D eigenvalue weighted by atomic mass is 10.2. The van der Waals surface area contributed by atoms with Crippen molar-refractivity contribution in [1.82, 2.24) is 30.3 Å². The monoisotopic (exact) mass is 436 g/mol. The fraction of sp³-hybridized carbons (Fsp3) is 0.278. The first-order valence-corrected chi connectivity index (χ1v) is 10.4. The van der Waals surface area contributed by atoms with Gasteiger partial charge in [-0.25, -0.2) is 14.6 Å². The van der Waals surface area contributed by atoms with Crippen LogP contribution in [0.4, 0.5) is 0 Å². The van der Waals surface area contributed by atoms with E-state index in [1.54, 1.807) is 41.3 Å². The third-order valence-electron chi connectivity index (χ3n) is 3.77. The molecule has 3 rings (SSSR count). The minimum Gasteiger partial charge on any atom is -0.351 e. The van der Waals surface area contributed by atoms with E-state index in [-0.39, 0.29) is 11.6 Å². The van der Waals surface area contributed by atoms with Crippen LogP contribution >= 0.6 is 35.0 Å². The maximum Gasteiger partial charge on any atom is 0.273 e. The van der Waals surface area contributed by atoms with Gasteiger partial charge in [-0.05, 0) is 30.7 Å². The Morgan fingerprint density at radius 2 is 1.89 bits per heavy atom. The molecule has 0 aliphatic heterocycles. The van der Waals surface area contributed by atoms with Crippen LogP contribution in [-0.2, 0) is 5.75 Å². The molecule has 0 saturated carbocycles. The summed E-state index contributed by atoms with van der Waals surface area (Å²) in [5.74, 6) is 0.134. The van der Waals surface area contributed by atoms with Crippen molar-refractivity contribution in [3.05, 3.63) is 58.1 Å². The summed E-state index contributed by atoms with van der Waals surface area (Å²) in [5, 5.41) is 12.7. The highest BCUT2D eigenvalue weighted by Crippen LogP contribution is 2.26. The zero-order chi connectivity index (χ0) is 19.9. The van der Waals surface area contributed by atoms with Gasteiger partial charge in [0, 0.05) is 34.7 Å². The summed E-state index contributed by atoms with van der Waals surface area (Å²) in [4.78, 5) is 21.0. The van der Waals surface area contributed by atoms with Crippen LogP contribution in [0.5, 0.6) is 0 Å². The van der Waals surface area contributed by atoms with Crippen LogP contribution in [0.2, 0.25) is 10.0 Å². The standard InChI is InChI=1S/C18H18Cl2N6OS/c1-2-3-5-21-17(27)16-15(11-28-18-22-6-4-7-23-18)26(25-24-16)14-9-12(19)8-13(20)10-14/h4,6-10H,2-3,5,11H2,1H3,(H,21,27). The Hall–Kier alpha value is -2.16. The van der Waals surface area contributed by atoms with E-state index in [1.165, 1.54) is 11.8 Å². The van der Waals surface area contributed by atoms with Crippen LogP contribution in [0.15, 0.2) is 41.8 Å². The van der Waals surface area contributed by atoms with E-state index in [2.05, 4.69) is 32.5 Å². The molecule has 0 aliphatic rings. The highest BCUT2D eigenvalue weighted by Gasteiger charge is 2.21. The lowest BCUT2D eigenvalue weighted by Gasteiger charge is -2.09. The molecule has 0 unspecified atom stereocenters. The summed E-state index contributed by atoms with van der Waals surface area (Å²) in [6, 6.07) is 6.81. The molecule has 1 N–H and O–H groups in total. The third kappa shape index (κ3) is 5.21. The number of thioether (sulfide) groups is 1. The van der Waals surface area contributed by atoms with Gasteiger partial charge in [-0.2, -0.15) is 0 Å². The fourth-order valence-corrected chi connectivity index (χ4v) is 3.74. The van der Waals surface area contributed by atoms with Gasteiger partial charge in [0.25, 0.3) is 5.91 Å². The second-order valence-corrected chi connectivity index (χ2v) is 7.67. The van der Waals surface area contributed by atoms with Crippen molar-refractivity contribution in [2.24, 2.45) is 0 Å². The molecule has 146 valence electrons. The Bertz CT molecular complexity index is 930. The SMILES string of the molecule is CCCCNC(=O)c1nnn(-c2cc(Cl)cc(Cl)c2)c1CSc1ncccn1. The zero-order valence-corrected chi connectivity index (χ0v) is 17.4. The van der Waals surface area contributed by atoms with Crippen molar-refractivity contribution >= 4 is 40.9 Å². The number of rotatable bonds is 8. The van der Waals surface area contributed by atoms with Crippen LogP contribution in [0.25, 0.3) is 5.69 Å². The van der Waals surface area contributed by atoms with Crippen molar-refractivity contribution in [1.29, 1.82) is 0 Å². The van der Waals surface area contributed by atoms with Crippen molar-refractivity contribution in [2.75, 3.05) is 6.54 Å². The molecule has 0 fully saturated rings. The van der Waals surface area contributed by atoms with E-state index in [9.17, 15) is 4.79 Å². The maximum atomic E-state index is 12.6. The maximum absolute atomic E-state index is 12.6. The number of amides is 1. The zero-order valence-electron chi connectivity index (χ0n) is 15.1. The first-order chi connectivity index (χ1) is 13.6. The smallest absolute Gasteiger partial charge is 0.273 e. The molecule has 0 bridgehead atoms. The van der Waals surface area contributed by atoms with Crippen molar-refractivity contribution in [3.63, 3.8) is 0 Å². The predicted octanol–water partition coefficient (Wildman–Crippen LogP) is 4.19. The number of nitrogens with one attached hydrogen (secondary N) is 1. The molecule has 0 spiro atoms. The van der Waals surface area contributed by atoms with Gasteiger partial charge >= 0.3 is 0 Å². The number of hydrogen-bond donors (Lipinski definition) is 1. The fourth-order valence-electron chi connectivity index (χ4n) is 2.43. The van der Waals surface area contributed by atoms with Crippen LogP contribution in [0.3, 0.4) is 0 Å². The average molecular weight is 437 g/mol. The van der Waals surface area contributed by atoms with Crippen LogP contribution < -0.4 is 5.32 Å². The Labute approximate surface area is 176 Å². The number of carbonyl (C=O) groups excluding carboxylic acids is 1. The van der Waals surface area contributed by atoms with Gasteiger partial charge in [-0.15, -0.1) is 5.10 Å². The van der Waals surface area contributed by atoms with Crippen molar-refractivity contribution in [2.45, 2.75) is 30.7 Å². The highest BCUT2D eigenvalue weighted by atomic mass is 35.5. The summed E-state index contributed by atoms with van der Waals surface area (Å²) in [5.41, 5.74) is 1.50. The normalized spacial score (nSPS) is 10.8. The van der Waals surface area contributed by atoms with Gasteiger partial charge in [-0.3, -0.25) is 4.79 Å². The summed E-state index contributed by atoms with van der Waals surface area (Å²) in [6.07, 6.45) is 5.22. The predicted molar refractivity (Wildman–Crippen MR) is 110 cm³/mol. The Morgan fingerprint density at radius 3 is 2.57 bits per heavy atom. The second kappa shape index (κ2) is 9.86. The van der Waals surface area contributed by atoms with Gasteiger partial charge in [0.15, 0.2) is 10.9 Å².